The molecule has 1 unspecified atom stereocenters. The minimum atomic E-state index is 0.689. The highest BCUT2D eigenvalue weighted by molar-refractivity contribution is 9.09. The fourth-order valence-corrected chi connectivity index (χ4v) is 4.92. The van der Waals surface area contributed by atoms with Gasteiger partial charge in [0.2, 0.25) is 0 Å². The van der Waals surface area contributed by atoms with Gasteiger partial charge in [0.05, 0.1) is 0 Å². The Balaban J connectivity index is 1.84. The second kappa shape index (κ2) is 1.80. The van der Waals surface area contributed by atoms with E-state index in [1.807, 2.05) is 0 Å². The first-order valence-electron chi connectivity index (χ1n) is 5.12. The second-order valence-electron chi connectivity index (χ2n) is 5.99. The summed E-state index contributed by atoms with van der Waals surface area (Å²) in [5, 5.41) is 0. The topological polar surface area (TPSA) is 0 Å². The zero-order valence-corrected chi connectivity index (χ0v) is 9.69. The molecule has 5 atom stereocenters. The molecule has 3 rings (SSSR count). The van der Waals surface area contributed by atoms with Crippen LogP contribution in [0.3, 0.4) is 0 Å². The number of fused-ring (bicyclic) bond motifs is 2. The summed E-state index contributed by atoms with van der Waals surface area (Å²) >= 11 is 3.82. The molecule has 0 bridgehead atoms. The Morgan fingerprint density at radius 1 is 1.08 bits per heavy atom. The van der Waals surface area contributed by atoms with Crippen LogP contribution in [0.2, 0.25) is 0 Å². The maximum absolute atomic E-state index is 3.82. The van der Waals surface area contributed by atoms with Crippen LogP contribution in [0, 0.1) is 28.6 Å². The molecule has 0 aromatic rings. The highest BCUT2D eigenvalue weighted by atomic mass is 79.9. The SMILES string of the molecule is CC1(C)[C@@H]2C[C@H]3C(Br)[C@@]3(C)C[C@@H]21. The Bertz CT molecular complexity index is 245. The highest BCUT2D eigenvalue weighted by Gasteiger charge is 2.72. The minimum Gasteiger partial charge on any atom is -0.0881 e. The van der Waals surface area contributed by atoms with Crippen LogP contribution < -0.4 is 0 Å². The monoisotopic (exact) mass is 228 g/mol. The van der Waals surface area contributed by atoms with Crippen molar-refractivity contribution in [1.82, 2.24) is 0 Å². The van der Waals surface area contributed by atoms with Gasteiger partial charge in [-0.25, -0.2) is 0 Å². The van der Waals surface area contributed by atoms with Crippen LogP contribution in [0.15, 0.2) is 0 Å². The van der Waals surface area contributed by atoms with E-state index in [0.29, 0.717) is 10.8 Å². The molecule has 0 aromatic heterocycles. The van der Waals surface area contributed by atoms with Gasteiger partial charge in [-0.05, 0) is 41.4 Å². The maximum atomic E-state index is 3.82. The number of halogens is 1. The number of hydrogen-bond acceptors (Lipinski definition) is 0. The second-order valence-corrected chi connectivity index (χ2v) is 6.97. The zero-order chi connectivity index (χ0) is 8.72. The fourth-order valence-electron chi connectivity index (χ4n) is 3.73. The highest BCUT2D eigenvalue weighted by Crippen LogP contribution is 2.78. The minimum absolute atomic E-state index is 0.689. The molecule has 1 heteroatoms. The number of hydrogen-bond donors (Lipinski definition) is 0. The maximum Gasteiger partial charge on any atom is 0.0236 e. The molecule has 0 N–H and O–H groups in total. The molecule has 3 saturated carbocycles. The van der Waals surface area contributed by atoms with E-state index in [2.05, 4.69) is 36.7 Å². The molecule has 0 aliphatic heterocycles. The van der Waals surface area contributed by atoms with E-state index in [-0.39, 0.29) is 0 Å². The number of rotatable bonds is 0. The molecule has 68 valence electrons. The van der Waals surface area contributed by atoms with E-state index in [1.165, 1.54) is 12.8 Å². The van der Waals surface area contributed by atoms with E-state index in [4.69, 9.17) is 0 Å². The molecule has 0 heterocycles. The third kappa shape index (κ3) is 0.670. The Kier molecular flexibility index (Phi) is 1.18. The number of alkyl halides is 1. The largest absolute Gasteiger partial charge is 0.0881 e. The molecule has 12 heavy (non-hydrogen) atoms. The lowest BCUT2D eigenvalue weighted by Crippen LogP contribution is -2.07. The van der Waals surface area contributed by atoms with Crippen molar-refractivity contribution in [2.24, 2.45) is 28.6 Å². The van der Waals surface area contributed by atoms with Crippen molar-refractivity contribution in [3.8, 4) is 0 Å². The van der Waals surface area contributed by atoms with Crippen molar-refractivity contribution in [3.05, 3.63) is 0 Å². The molecule has 3 aliphatic rings. The first kappa shape index (κ1) is 7.84. The van der Waals surface area contributed by atoms with Crippen LogP contribution in [-0.2, 0) is 0 Å². The van der Waals surface area contributed by atoms with E-state index >= 15 is 0 Å². The van der Waals surface area contributed by atoms with Gasteiger partial charge in [-0.2, -0.15) is 0 Å². The van der Waals surface area contributed by atoms with Crippen molar-refractivity contribution < 1.29 is 0 Å². The van der Waals surface area contributed by atoms with Crippen LogP contribution in [0.4, 0.5) is 0 Å². The molecule has 0 nitrogen and oxygen atoms in total. The molecule has 3 fully saturated rings. The summed E-state index contributed by atoms with van der Waals surface area (Å²) in [6.45, 7) is 7.39. The van der Waals surface area contributed by atoms with Crippen LogP contribution in [0.5, 0.6) is 0 Å². The van der Waals surface area contributed by atoms with Gasteiger partial charge in [0, 0.05) is 4.83 Å². The normalized spacial score (nSPS) is 65.0. The van der Waals surface area contributed by atoms with Gasteiger partial charge in [0.15, 0.2) is 0 Å². The Morgan fingerprint density at radius 2 is 1.75 bits per heavy atom. The average molecular weight is 229 g/mol. The smallest absolute Gasteiger partial charge is 0.0236 e. The van der Waals surface area contributed by atoms with Crippen LogP contribution in [0.1, 0.15) is 33.6 Å². The van der Waals surface area contributed by atoms with Gasteiger partial charge in [0.1, 0.15) is 0 Å². The van der Waals surface area contributed by atoms with Crippen LogP contribution in [-0.4, -0.2) is 4.83 Å². The van der Waals surface area contributed by atoms with Gasteiger partial charge >= 0.3 is 0 Å². The van der Waals surface area contributed by atoms with Gasteiger partial charge in [-0.1, -0.05) is 36.7 Å². The van der Waals surface area contributed by atoms with Gasteiger partial charge in [0.25, 0.3) is 0 Å². The van der Waals surface area contributed by atoms with E-state index in [9.17, 15) is 0 Å². The Hall–Kier alpha value is 0.480. The van der Waals surface area contributed by atoms with Gasteiger partial charge in [-0.3, -0.25) is 0 Å². The third-order valence-corrected chi connectivity index (χ3v) is 6.86. The lowest BCUT2D eigenvalue weighted by molar-refractivity contribution is 0.349. The van der Waals surface area contributed by atoms with Crippen molar-refractivity contribution >= 4 is 15.9 Å². The molecule has 0 aromatic carbocycles. The van der Waals surface area contributed by atoms with Crippen molar-refractivity contribution in [3.63, 3.8) is 0 Å². The third-order valence-electron chi connectivity index (χ3n) is 5.18. The average Bonchev–Trinajstić information content (AvgIpc) is 2.71. The molecule has 3 aliphatic carbocycles. The van der Waals surface area contributed by atoms with Gasteiger partial charge in [-0.15, -0.1) is 0 Å². The fraction of sp³-hybridized carbons (Fsp3) is 1.00. The molecular weight excluding hydrogens is 212 g/mol. The standard InChI is InChI=1S/C11H17Br/c1-10(2)6-4-7-9(12)11(7,3)5-8(6)10/h6-9H,4-5H2,1-3H3/t6-,7+,8+,9?,11+/m1/s1. The van der Waals surface area contributed by atoms with Gasteiger partial charge < -0.3 is 0 Å². The quantitative estimate of drug-likeness (QED) is 0.558. The predicted octanol–water partition coefficient (Wildman–Crippen LogP) is 3.45. The first-order valence-corrected chi connectivity index (χ1v) is 6.03. The summed E-state index contributed by atoms with van der Waals surface area (Å²) in [6, 6.07) is 0. The summed E-state index contributed by atoms with van der Waals surface area (Å²) in [4.78, 5) is 0.855. The molecule has 0 spiro atoms. The van der Waals surface area contributed by atoms with E-state index in [0.717, 1.165) is 22.6 Å². The van der Waals surface area contributed by atoms with E-state index in [1.54, 1.807) is 0 Å². The molecule has 0 amide bonds. The van der Waals surface area contributed by atoms with E-state index < -0.39 is 0 Å². The summed E-state index contributed by atoms with van der Waals surface area (Å²) in [6.07, 6.45) is 3.00. The molecule has 0 saturated heterocycles. The Labute approximate surface area is 83.2 Å². The van der Waals surface area contributed by atoms with Crippen molar-refractivity contribution in [2.45, 2.75) is 38.4 Å². The lowest BCUT2D eigenvalue weighted by atomic mass is 9.90. The summed E-state index contributed by atoms with van der Waals surface area (Å²) in [5.41, 5.74) is 1.39. The molecular formula is C11H17Br. The first-order chi connectivity index (χ1) is 5.48. The summed E-state index contributed by atoms with van der Waals surface area (Å²) < 4.78 is 0. The van der Waals surface area contributed by atoms with Crippen molar-refractivity contribution in [2.75, 3.05) is 0 Å². The summed E-state index contributed by atoms with van der Waals surface area (Å²) in [7, 11) is 0. The molecule has 0 radical (unpaired) electrons. The zero-order valence-electron chi connectivity index (χ0n) is 8.10. The Morgan fingerprint density at radius 3 is 2.33 bits per heavy atom. The summed E-state index contributed by atoms with van der Waals surface area (Å²) in [5.74, 6) is 3.14. The predicted molar refractivity (Wildman–Crippen MR) is 54.3 cm³/mol. The van der Waals surface area contributed by atoms with Crippen LogP contribution in [0.25, 0.3) is 0 Å². The van der Waals surface area contributed by atoms with Crippen molar-refractivity contribution in [1.29, 1.82) is 0 Å². The van der Waals surface area contributed by atoms with Crippen LogP contribution >= 0.6 is 15.9 Å². The lowest BCUT2D eigenvalue weighted by Gasteiger charge is -2.14.